The van der Waals surface area contributed by atoms with E-state index in [1.165, 1.54) is 30.1 Å². The van der Waals surface area contributed by atoms with Crippen molar-refractivity contribution in [3.05, 3.63) is 95.3 Å². The molecule has 0 aliphatic heterocycles. The summed E-state index contributed by atoms with van der Waals surface area (Å²) in [5.74, 6) is -0.950. The van der Waals surface area contributed by atoms with Crippen LogP contribution in [0.25, 0.3) is 10.9 Å². The Morgan fingerprint density at radius 2 is 1.95 bits per heavy atom. The summed E-state index contributed by atoms with van der Waals surface area (Å²) in [4.78, 5) is 29.4. The van der Waals surface area contributed by atoms with Crippen LogP contribution >= 0.6 is 0 Å². The van der Waals surface area contributed by atoms with E-state index in [4.69, 9.17) is 0 Å². The quantitative estimate of drug-likeness (QED) is 0.276. The summed E-state index contributed by atoms with van der Waals surface area (Å²) >= 11 is 0. The third-order valence-electron chi connectivity index (χ3n) is 6.82. The summed E-state index contributed by atoms with van der Waals surface area (Å²) in [6, 6.07) is 7.97. The second-order valence-corrected chi connectivity index (χ2v) is 10.6. The maximum absolute atomic E-state index is 12.6. The Balaban J connectivity index is 1.56. The topological polar surface area (TPSA) is 91.3 Å². The number of allylic oxidation sites excluding steroid dienone is 9. The van der Waals surface area contributed by atoms with Gasteiger partial charge in [0.05, 0.1) is 12.1 Å². The number of hydrogen-bond donors (Lipinski definition) is 3. The number of aliphatic hydroxyl groups is 1. The average Bonchev–Trinajstić information content (AvgIpc) is 2.86. The zero-order chi connectivity index (χ0) is 27.7. The first-order valence-electron chi connectivity index (χ1n) is 13.1. The van der Waals surface area contributed by atoms with Gasteiger partial charge in [-0.2, -0.15) is 0 Å². The van der Waals surface area contributed by atoms with Crippen LogP contribution in [0.5, 0.6) is 0 Å². The number of nitrogens with zero attached hydrogens (tertiary/aromatic N) is 1. The van der Waals surface area contributed by atoms with Crippen molar-refractivity contribution in [3.63, 3.8) is 0 Å². The van der Waals surface area contributed by atoms with Gasteiger partial charge >= 0.3 is 0 Å². The van der Waals surface area contributed by atoms with Crippen LogP contribution in [0.15, 0.2) is 95.3 Å². The highest BCUT2D eigenvalue weighted by Crippen LogP contribution is 2.40. The van der Waals surface area contributed by atoms with Crippen molar-refractivity contribution >= 4 is 28.4 Å². The minimum absolute atomic E-state index is 0.206. The van der Waals surface area contributed by atoms with E-state index in [2.05, 4.69) is 55.5 Å². The van der Waals surface area contributed by atoms with Crippen LogP contribution in [0, 0.1) is 5.41 Å². The predicted molar refractivity (Wildman–Crippen MR) is 156 cm³/mol. The first-order valence-corrected chi connectivity index (χ1v) is 13.1. The van der Waals surface area contributed by atoms with Gasteiger partial charge in [-0.25, -0.2) is 0 Å². The first-order chi connectivity index (χ1) is 18.1. The lowest BCUT2D eigenvalue weighted by Gasteiger charge is -2.32. The van der Waals surface area contributed by atoms with Gasteiger partial charge in [0.15, 0.2) is 0 Å². The lowest BCUT2D eigenvalue weighted by molar-refractivity contribution is -0.124. The van der Waals surface area contributed by atoms with Crippen molar-refractivity contribution in [2.75, 3.05) is 11.9 Å². The van der Waals surface area contributed by atoms with Gasteiger partial charge in [-0.15, -0.1) is 0 Å². The summed E-state index contributed by atoms with van der Waals surface area (Å²) in [5.41, 5.74) is 6.31. The van der Waals surface area contributed by atoms with Gasteiger partial charge < -0.3 is 15.7 Å². The molecule has 0 spiro atoms. The lowest BCUT2D eigenvalue weighted by atomic mass is 9.72. The third-order valence-corrected chi connectivity index (χ3v) is 6.82. The number of aromatic nitrogens is 1. The number of nitrogens with one attached hydrogen (secondary N) is 2. The second kappa shape index (κ2) is 13.2. The summed E-state index contributed by atoms with van der Waals surface area (Å²) in [6.45, 7) is 10.2. The van der Waals surface area contributed by atoms with E-state index >= 15 is 0 Å². The fraction of sp³-hybridized carbons (Fsp3) is 0.344. The van der Waals surface area contributed by atoms with Crippen molar-refractivity contribution in [1.82, 2.24) is 10.3 Å². The van der Waals surface area contributed by atoms with E-state index in [0.717, 1.165) is 28.5 Å². The van der Waals surface area contributed by atoms with Crippen LogP contribution < -0.4 is 10.6 Å². The number of hydrogen-bond acceptors (Lipinski definition) is 4. The molecule has 0 radical (unpaired) electrons. The number of fused-ring (bicyclic) bond motifs is 1. The predicted octanol–water partition coefficient (Wildman–Crippen LogP) is 6.18. The van der Waals surface area contributed by atoms with Gasteiger partial charge in [0.1, 0.15) is 6.04 Å². The Morgan fingerprint density at radius 1 is 1.16 bits per heavy atom. The van der Waals surface area contributed by atoms with Crippen LogP contribution in [0.1, 0.15) is 53.9 Å². The molecule has 2 amide bonds. The van der Waals surface area contributed by atoms with Crippen molar-refractivity contribution in [2.24, 2.45) is 5.41 Å². The second-order valence-electron chi connectivity index (χ2n) is 10.6. The Bertz CT molecular complexity index is 1330. The summed E-state index contributed by atoms with van der Waals surface area (Å²) in [7, 11) is 0. The molecular weight excluding hydrogens is 474 g/mol. The molecule has 0 unspecified atom stereocenters. The fourth-order valence-corrected chi connectivity index (χ4v) is 4.68. The molecule has 1 atom stereocenters. The van der Waals surface area contributed by atoms with Crippen LogP contribution in [0.3, 0.4) is 0 Å². The highest BCUT2D eigenvalue weighted by molar-refractivity contribution is 6.00. The largest absolute Gasteiger partial charge is 0.394 e. The number of aliphatic hydroxyl groups excluding tert-OH is 1. The SMILES string of the molecule is CC(C=CC1=C(C)CCCC1(C)C)=CC=CC(C)=CC(=O)N[C@@H](CO)C(=O)Nc1ccc2ncccc2c1. The number of carbonyl (C=O) groups excluding carboxylic acids is 2. The molecule has 3 N–H and O–H groups in total. The van der Waals surface area contributed by atoms with Crippen LogP contribution in [-0.4, -0.2) is 34.6 Å². The highest BCUT2D eigenvalue weighted by atomic mass is 16.3. The minimum Gasteiger partial charge on any atom is -0.394 e. The van der Waals surface area contributed by atoms with Crippen LogP contribution in [0.4, 0.5) is 5.69 Å². The molecule has 6 nitrogen and oxygen atoms in total. The zero-order valence-electron chi connectivity index (χ0n) is 23.0. The van der Waals surface area contributed by atoms with Gasteiger partial charge in [0.2, 0.25) is 11.8 Å². The normalized spacial score (nSPS) is 17.3. The molecule has 0 saturated heterocycles. The van der Waals surface area contributed by atoms with Crippen molar-refractivity contribution in [1.29, 1.82) is 0 Å². The molecule has 6 heteroatoms. The molecule has 38 heavy (non-hydrogen) atoms. The number of pyridine rings is 1. The monoisotopic (exact) mass is 513 g/mol. The van der Waals surface area contributed by atoms with Crippen molar-refractivity contribution in [3.8, 4) is 0 Å². The molecule has 3 rings (SSSR count). The van der Waals surface area contributed by atoms with E-state index in [1.54, 1.807) is 24.4 Å². The fourth-order valence-electron chi connectivity index (χ4n) is 4.68. The number of benzene rings is 1. The van der Waals surface area contributed by atoms with E-state index in [9.17, 15) is 14.7 Å². The van der Waals surface area contributed by atoms with Crippen LogP contribution in [0.2, 0.25) is 0 Å². The number of amides is 2. The third kappa shape index (κ3) is 8.12. The maximum atomic E-state index is 12.6. The molecule has 200 valence electrons. The van der Waals surface area contributed by atoms with Crippen molar-refractivity contribution < 1.29 is 14.7 Å². The molecule has 0 fully saturated rings. The van der Waals surface area contributed by atoms with Gasteiger partial charge in [-0.3, -0.25) is 14.6 Å². The number of anilines is 1. The lowest BCUT2D eigenvalue weighted by Crippen LogP contribution is -2.45. The minimum atomic E-state index is -1.07. The molecule has 1 aliphatic carbocycles. The van der Waals surface area contributed by atoms with E-state index in [-0.39, 0.29) is 5.41 Å². The molecule has 1 aromatic carbocycles. The van der Waals surface area contributed by atoms with Crippen molar-refractivity contribution in [2.45, 2.75) is 59.9 Å². The summed E-state index contributed by atoms with van der Waals surface area (Å²) < 4.78 is 0. The smallest absolute Gasteiger partial charge is 0.249 e. The Labute approximate surface area is 225 Å². The van der Waals surface area contributed by atoms with E-state index in [0.29, 0.717) is 5.69 Å². The maximum Gasteiger partial charge on any atom is 0.249 e. The Morgan fingerprint density at radius 3 is 2.68 bits per heavy atom. The average molecular weight is 514 g/mol. The molecular formula is C32H39N3O3. The highest BCUT2D eigenvalue weighted by Gasteiger charge is 2.26. The Kier molecular flexibility index (Phi) is 9.97. The van der Waals surface area contributed by atoms with Gasteiger partial charge in [0, 0.05) is 23.3 Å². The van der Waals surface area contributed by atoms with Gasteiger partial charge in [-0.05, 0) is 80.9 Å². The van der Waals surface area contributed by atoms with Crippen LogP contribution in [-0.2, 0) is 9.59 Å². The van der Waals surface area contributed by atoms with E-state index in [1.807, 2.05) is 37.3 Å². The molecule has 0 bridgehead atoms. The first kappa shape index (κ1) is 28.8. The van der Waals surface area contributed by atoms with Gasteiger partial charge in [-0.1, -0.05) is 61.4 Å². The molecule has 1 aliphatic rings. The number of carbonyl (C=O) groups is 2. The molecule has 1 aromatic heterocycles. The molecule has 1 heterocycles. The van der Waals surface area contributed by atoms with Gasteiger partial charge in [0.25, 0.3) is 0 Å². The molecule has 2 aromatic rings. The summed E-state index contributed by atoms with van der Waals surface area (Å²) in [5, 5.41) is 15.9. The number of rotatable bonds is 9. The zero-order valence-corrected chi connectivity index (χ0v) is 23.0. The molecule has 0 saturated carbocycles. The summed E-state index contributed by atoms with van der Waals surface area (Å²) in [6.07, 6.45) is 16.8. The van der Waals surface area contributed by atoms with E-state index < -0.39 is 24.5 Å². The Hall–Kier alpha value is -3.77. The standard InChI is InChI=1S/C32H39N3O3/c1-22(13-15-27-24(3)11-7-17-32(27,4)5)9-6-10-23(2)19-30(37)35-29(21-36)31(38)34-26-14-16-28-25(20-26)12-8-18-33-28/h6,8-10,12-16,18-20,29,36H,7,11,17,21H2,1-5H3,(H,34,38)(H,35,37)/t29-/m0/s1.